The lowest BCUT2D eigenvalue weighted by molar-refractivity contribution is -0.127. The molecule has 0 heterocycles. The van der Waals surface area contributed by atoms with Gasteiger partial charge in [0, 0.05) is 6.54 Å². The van der Waals surface area contributed by atoms with Crippen molar-refractivity contribution in [3.8, 4) is 0 Å². The van der Waals surface area contributed by atoms with Gasteiger partial charge in [-0.15, -0.1) is 0 Å². The topological polar surface area (TPSA) is 29.1 Å². The van der Waals surface area contributed by atoms with Crippen LogP contribution in [0.1, 0.15) is 61.3 Å². The molecule has 0 unspecified atom stereocenters. The summed E-state index contributed by atoms with van der Waals surface area (Å²) in [5.41, 5.74) is 0.00993. The fraction of sp³-hybridized carbons (Fsp3) is 0.923. The van der Waals surface area contributed by atoms with Gasteiger partial charge in [-0.05, 0) is 25.7 Å². The van der Waals surface area contributed by atoms with Gasteiger partial charge in [-0.3, -0.25) is 4.79 Å². The van der Waals surface area contributed by atoms with Crippen LogP contribution in [0.15, 0.2) is 0 Å². The predicted molar refractivity (Wildman–Crippen MR) is 67.9 cm³/mol. The summed E-state index contributed by atoms with van der Waals surface area (Å²) in [6.45, 7) is 15.0. The van der Waals surface area contributed by atoms with Crippen LogP contribution in [0.25, 0.3) is 0 Å². The Morgan fingerprint density at radius 1 is 1.20 bits per heavy atom. The van der Waals surface area contributed by atoms with E-state index in [9.17, 15) is 4.79 Å². The fourth-order valence-corrected chi connectivity index (χ4v) is 1.54. The van der Waals surface area contributed by atoms with Crippen LogP contribution in [-0.2, 0) is 4.79 Å². The van der Waals surface area contributed by atoms with Crippen LogP contribution in [-0.4, -0.2) is 12.5 Å². The van der Waals surface area contributed by atoms with Gasteiger partial charge in [0.2, 0.25) is 5.91 Å². The van der Waals surface area contributed by atoms with Gasteiger partial charge in [-0.25, -0.2) is 0 Å². The fourth-order valence-electron chi connectivity index (χ4n) is 1.54. The summed E-state index contributed by atoms with van der Waals surface area (Å²) in [5.74, 6) is 0.754. The van der Waals surface area contributed by atoms with Gasteiger partial charge in [0.05, 0.1) is 5.41 Å². The van der Waals surface area contributed by atoms with Gasteiger partial charge in [0.1, 0.15) is 0 Å². The highest BCUT2D eigenvalue weighted by Gasteiger charge is 2.51. The van der Waals surface area contributed by atoms with Crippen LogP contribution < -0.4 is 5.32 Å². The van der Waals surface area contributed by atoms with E-state index in [1.165, 1.54) is 0 Å². The van der Waals surface area contributed by atoms with Crippen molar-refractivity contribution in [2.24, 2.45) is 11.3 Å². The normalized spacial score (nSPS) is 15.5. The molecule has 2 nitrogen and oxygen atoms in total. The molecule has 0 atom stereocenters. The second kappa shape index (κ2) is 8.75. The second-order valence-corrected chi connectivity index (χ2v) is 3.67. The first-order valence-corrected chi connectivity index (χ1v) is 6.42. The molecule has 15 heavy (non-hydrogen) atoms. The Morgan fingerprint density at radius 3 is 1.80 bits per heavy atom. The first kappa shape index (κ1) is 16.9. The summed E-state index contributed by atoms with van der Waals surface area (Å²) < 4.78 is 0. The lowest BCUT2D eigenvalue weighted by atomic mass is 9.91. The molecule has 1 aliphatic carbocycles. The molecule has 1 rings (SSSR count). The maximum atomic E-state index is 11.5. The highest BCUT2D eigenvalue weighted by atomic mass is 16.2. The van der Waals surface area contributed by atoms with Crippen LogP contribution in [0.5, 0.6) is 0 Å². The maximum absolute atomic E-state index is 11.5. The molecule has 1 N–H and O–H groups in total. The molecule has 1 fully saturated rings. The molecule has 1 saturated carbocycles. The van der Waals surface area contributed by atoms with Gasteiger partial charge >= 0.3 is 0 Å². The van der Waals surface area contributed by atoms with Gasteiger partial charge in [0.25, 0.3) is 0 Å². The minimum absolute atomic E-state index is 0.00993. The third-order valence-corrected chi connectivity index (χ3v) is 2.68. The van der Waals surface area contributed by atoms with E-state index in [0.29, 0.717) is 5.92 Å². The summed E-state index contributed by atoms with van der Waals surface area (Å²) in [7, 11) is 0. The van der Waals surface area contributed by atoms with E-state index < -0.39 is 0 Å². The van der Waals surface area contributed by atoms with E-state index >= 15 is 0 Å². The second-order valence-electron chi connectivity index (χ2n) is 3.67. The molecule has 0 saturated heterocycles. The minimum atomic E-state index is 0.00993. The Labute approximate surface area is 95.8 Å². The molecule has 0 spiro atoms. The summed E-state index contributed by atoms with van der Waals surface area (Å²) in [5, 5.41) is 2.89. The molecule has 0 radical (unpaired) electrons. The van der Waals surface area contributed by atoms with Gasteiger partial charge in [0.15, 0.2) is 0 Å². The van der Waals surface area contributed by atoms with Crippen LogP contribution in [0, 0.1) is 11.3 Å². The largest absolute Gasteiger partial charge is 0.356 e. The Morgan fingerprint density at radius 2 is 1.60 bits per heavy atom. The number of carbonyl (C=O) groups excluding carboxylic acids is 1. The Bertz CT molecular complexity index is 160. The molecule has 0 aromatic rings. The number of carbonyl (C=O) groups is 1. The Hall–Kier alpha value is -0.530. The van der Waals surface area contributed by atoms with Crippen molar-refractivity contribution in [2.45, 2.75) is 61.3 Å². The van der Waals surface area contributed by atoms with Crippen molar-refractivity contribution < 1.29 is 4.79 Å². The third kappa shape index (κ3) is 4.67. The van der Waals surface area contributed by atoms with Crippen LogP contribution >= 0.6 is 0 Å². The van der Waals surface area contributed by atoms with E-state index in [0.717, 1.165) is 19.4 Å². The summed E-state index contributed by atoms with van der Waals surface area (Å²) in [4.78, 5) is 11.5. The van der Waals surface area contributed by atoms with Crippen molar-refractivity contribution >= 4 is 5.91 Å². The average molecular weight is 215 g/mol. The number of hydrogen-bond donors (Lipinski definition) is 1. The molecule has 0 aliphatic heterocycles. The van der Waals surface area contributed by atoms with Gasteiger partial charge < -0.3 is 5.32 Å². The number of hydrogen-bond acceptors (Lipinski definition) is 1. The standard InChI is InChI=1S/C9H17NO.2C2H6/c1-4-10-8(11)9(5-6-9)7(2)3;2*1-2/h7H,4-6H2,1-3H3,(H,10,11);2*1-2H3. The van der Waals surface area contributed by atoms with Crippen molar-refractivity contribution in [3.05, 3.63) is 0 Å². The molecule has 1 amide bonds. The van der Waals surface area contributed by atoms with E-state index in [4.69, 9.17) is 0 Å². The highest BCUT2D eigenvalue weighted by molar-refractivity contribution is 5.85. The molecule has 1 aliphatic rings. The summed E-state index contributed by atoms with van der Waals surface area (Å²) in [6.07, 6.45) is 2.16. The zero-order valence-corrected chi connectivity index (χ0v) is 11.6. The number of rotatable bonds is 3. The molecule has 92 valence electrons. The van der Waals surface area contributed by atoms with E-state index in [1.807, 2.05) is 34.6 Å². The average Bonchev–Trinajstić information content (AvgIpc) is 3.05. The van der Waals surface area contributed by atoms with E-state index in [1.54, 1.807) is 0 Å². The molecule has 0 aromatic carbocycles. The lowest BCUT2D eigenvalue weighted by Gasteiger charge is -2.17. The van der Waals surface area contributed by atoms with Crippen LogP contribution in [0.2, 0.25) is 0 Å². The first-order chi connectivity index (χ1) is 7.13. The van der Waals surface area contributed by atoms with Gasteiger partial charge in [-0.2, -0.15) is 0 Å². The third-order valence-electron chi connectivity index (χ3n) is 2.68. The van der Waals surface area contributed by atoms with Crippen molar-refractivity contribution in [1.29, 1.82) is 0 Å². The van der Waals surface area contributed by atoms with Crippen molar-refractivity contribution in [2.75, 3.05) is 6.54 Å². The zero-order chi connectivity index (χ0) is 12.5. The SMILES string of the molecule is CC.CC.CCNC(=O)C1(C(C)C)CC1. The number of nitrogens with one attached hydrogen (secondary N) is 1. The minimum Gasteiger partial charge on any atom is -0.356 e. The quantitative estimate of drug-likeness (QED) is 0.765. The van der Waals surface area contributed by atoms with Crippen LogP contribution in [0.3, 0.4) is 0 Å². The monoisotopic (exact) mass is 215 g/mol. The molecule has 2 heteroatoms. The summed E-state index contributed by atoms with van der Waals surface area (Å²) in [6, 6.07) is 0. The highest BCUT2D eigenvalue weighted by Crippen LogP contribution is 2.51. The van der Waals surface area contributed by atoms with Crippen molar-refractivity contribution in [3.63, 3.8) is 0 Å². The number of amides is 1. The van der Waals surface area contributed by atoms with E-state index in [-0.39, 0.29) is 11.3 Å². The summed E-state index contributed by atoms with van der Waals surface area (Å²) >= 11 is 0. The van der Waals surface area contributed by atoms with E-state index in [2.05, 4.69) is 19.2 Å². The maximum Gasteiger partial charge on any atom is 0.226 e. The smallest absolute Gasteiger partial charge is 0.226 e. The van der Waals surface area contributed by atoms with Gasteiger partial charge in [-0.1, -0.05) is 41.5 Å². The Balaban J connectivity index is 0. The molecule has 0 aromatic heterocycles. The first-order valence-electron chi connectivity index (χ1n) is 6.42. The lowest BCUT2D eigenvalue weighted by Crippen LogP contribution is -2.34. The van der Waals surface area contributed by atoms with Crippen molar-refractivity contribution in [1.82, 2.24) is 5.32 Å². The zero-order valence-electron chi connectivity index (χ0n) is 11.6. The predicted octanol–water partition coefficient (Wildman–Crippen LogP) is 3.61. The molecular formula is C13H29NO. The van der Waals surface area contributed by atoms with Crippen LogP contribution in [0.4, 0.5) is 0 Å². The Kier molecular flexibility index (Phi) is 9.85. The molecule has 0 bridgehead atoms. The molecular weight excluding hydrogens is 186 g/mol.